The lowest BCUT2D eigenvalue weighted by Gasteiger charge is -2.42. The minimum atomic E-state index is 0.380. The van der Waals surface area contributed by atoms with Crippen molar-refractivity contribution < 1.29 is 4.74 Å². The van der Waals surface area contributed by atoms with E-state index in [9.17, 15) is 0 Å². The maximum atomic E-state index is 5.69. The summed E-state index contributed by atoms with van der Waals surface area (Å²) >= 11 is 0. The predicted octanol–water partition coefficient (Wildman–Crippen LogP) is 1.63. The molecule has 0 aromatic heterocycles. The lowest BCUT2D eigenvalue weighted by atomic mass is 9.92. The van der Waals surface area contributed by atoms with Crippen LogP contribution in [-0.2, 0) is 4.74 Å². The minimum Gasteiger partial charge on any atom is -0.376 e. The second kappa shape index (κ2) is 5.03. The van der Waals surface area contributed by atoms with E-state index in [0.29, 0.717) is 17.7 Å². The SMILES string of the molecule is CCC1(CN2CC(C)OCC2C)CCCN1. The molecule has 3 unspecified atom stereocenters. The Morgan fingerprint density at radius 2 is 2.25 bits per heavy atom. The van der Waals surface area contributed by atoms with Crippen LogP contribution < -0.4 is 5.32 Å². The van der Waals surface area contributed by atoms with E-state index in [1.807, 2.05) is 0 Å². The Hall–Kier alpha value is -0.120. The van der Waals surface area contributed by atoms with Crippen LogP contribution in [0.3, 0.4) is 0 Å². The van der Waals surface area contributed by atoms with Gasteiger partial charge in [-0.25, -0.2) is 0 Å². The van der Waals surface area contributed by atoms with E-state index in [2.05, 4.69) is 31.0 Å². The van der Waals surface area contributed by atoms with Crippen LogP contribution in [-0.4, -0.2) is 48.8 Å². The van der Waals surface area contributed by atoms with Crippen molar-refractivity contribution in [2.45, 2.75) is 57.7 Å². The maximum Gasteiger partial charge on any atom is 0.0674 e. The largest absolute Gasteiger partial charge is 0.376 e. The van der Waals surface area contributed by atoms with Crippen molar-refractivity contribution in [3.05, 3.63) is 0 Å². The molecule has 0 spiro atoms. The van der Waals surface area contributed by atoms with Gasteiger partial charge in [0.15, 0.2) is 0 Å². The van der Waals surface area contributed by atoms with Crippen molar-refractivity contribution in [3.8, 4) is 0 Å². The molecule has 3 nitrogen and oxygen atoms in total. The summed E-state index contributed by atoms with van der Waals surface area (Å²) in [5.74, 6) is 0. The van der Waals surface area contributed by atoms with Crippen molar-refractivity contribution in [2.24, 2.45) is 0 Å². The molecule has 2 heterocycles. The number of nitrogens with one attached hydrogen (secondary N) is 1. The van der Waals surface area contributed by atoms with E-state index >= 15 is 0 Å². The van der Waals surface area contributed by atoms with Crippen molar-refractivity contribution in [3.63, 3.8) is 0 Å². The zero-order valence-electron chi connectivity index (χ0n) is 11.0. The van der Waals surface area contributed by atoms with Crippen molar-refractivity contribution in [1.29, 1.82) is 0 Å². The third-order valence-corrected chi connectivity index (χ3v) is 4.25. The number of nitrogens with zero attached hydrogens (tertiary/aromatic N) is 1. The topological polar surface area (TPSA) is 24.5 Å². The first-order chi connectivity index (χ1) is 7.65. The van der Waals surface area contributed by atoms with Gasteiger partial charge in [-0.2, -0.15) is 0 Å². The van der Waals surface area contributed by atoms with Gasteiger partial charge in [0.2, 0.25) is 0 Å². The summed E-state index contributed by atoms with van der Waals surface area (Å²) in [6.07, 6.45) is 4.31. The number of hydrogen-bond donors (Lipinski definition) is 1. The third kappa shape index (κ3) is 2.58. The van der Waals surface area contributed by atoms with Crippen LogP contribution in [0.2, 0.25) is 0 Å². The standard InChI is InChI=1S/C13H26N2O/c1-4-13(6-5-7-14-13)10-15-8-12(3)16-9-11(15)2/h11-12,14H,4-10H2,1-3H3. The molecule has 0 aliphatic carbocycles. The molecule has 0 radical (unpaired) electrons. The molecular weight excluding hydrogens is 200 g/mol. The average molecular weight is 226 g/mol. The Balaban J connectivity index is 1.96. The van der Waals surface area contributed by atoms with Crippen LogP contribution >= 0.6 is 0 Å². The summed E-state index contributed by atoms with van der Waals surface area (Å²) in [6, 6.07) is 0.571. The summed E-state index contributed by atoms with van der Waals surface area (Å²) in [4.78, 5) is 2.61. The Kier molecular flexibility index (Phi) is 3.88. The highest BCUT2D eigenvalue weighted by molar-refractivity contribution is 4.96. The average Bonchev–Trinajstić information content (AvgIpc) is 2.73. The molecule has 2 rings (SSSR count). The fourth-order valence-corrected chi connectivity index (χ4v) is 3.00. The second-order valence-electron chi connectivity index (χ2n) is 5.59. The van der Waals surface area contributed by atoms with Gasteiger partial charge in [-0.15, -0.1) is 0 Å². The van der Waals surface area contributed by atoms with Crippen LogP contribution in [0.1, 0.15) is 40.0 Å². The highest BCUT2D eigenvalue weighted by Gasteiger charge is 2.36. The molecule has 16 heavy (non-hydrogen) atoms. The molecule has 0 amide bonds. The summed E-state index contributed by atoms with van der Waals surface area (Å²) in [5, 5.41) is 3.72. The van der Waals surface area contributed by atoms with Gasteiger partial charge in [-0.1, -0.05) is 6.92 Å². The van der Waals surface area contributed by atoms with Gasteiger partial charge in [-0.05, 0) is 39.7 Å². The lowest BCUT2D eigenvalue weighted by Crippen LogP contribution is -2.56. The van der Waals surface area contributed by atoms with Crippen LogP contribution in [0.4, 0.5) is 0 Å². The van der Waals surface area contributed by atoms with Gasteiger partial charge in [0.1, 0.15) is 0 Å². The summed E-state index contributed by atoms with van der Waals surface area (Å²) in [5.41, 5.74) is 0.380. The Labute approximate surface area is 99.5 Å². The Morgan fingerprint density at radius 3 is 2.88 bits per heavy atom. The molecule has 0 aromatic rings. The van der Waals surface area contributed by atoms with Crippen molar-refractivity contribution in [1.82, 2.24) is 10.2 Å². The normalized spacial score (nSPS) is 41.4. The van der Waals surface area contributed by atoms with E-state index in [4.69, 9.17) is 4.74 Å². The van der Waals surface area contributed by atoms with E-state index in [1.54, 1.807) is 0 Å². The van der Waals surface area contributed by atoms with Gasteiger partial charge in [0, 0.05) is 24.7 Å². The summed E-state index contributed by atoms with van der Waals surface area (Å²) in [6.45, 7) is 11.1. The fourth-order valence-electron chi connectivity index (χ4n) is 3.00. The summed E-state index contributed by atoms with van der Waals surface area (Å²) < 4.78 is 5.69. The molecule has 94 valence electrons. The Bertz CT molecular complexity index is 226. The van der Waals surface area contributed by atoms with E-state index in [1.165, 1.54) is 32.4 Å². The van der Waals surface area contributed by atoms with Crippen LogP contribution in [0.15, 0.2) is 0 Å². The number of hydrogen-bond acceptors (Lipinski definition) is 3. The van der Waals surface area contributed by atoms with E-state index in [-0.39, 0.29) is 0 Å². The van der Waals surface area contributed by atoms with Gasteiger partial charge < -0.3 is 10.1 Å². The molecule has 0 saturated carbocycles. The van der Waals surface area contributed by atoms with Crippen LogP contribution in [0, 0.1) is 0 Å². The molecule has 2 fully saturated rings. The number of rotatable bonds is 3. The first-order valence-electron chi connectivity index (χ1n) is 6.76. The van der Waals surface area contributed by atoms with Crippen molar-refractivity contribution in [2.75, 3.05) is 26.2 Å². The molecule has 2 saturated heterocycles. The number of morpholine rings is 1. The Morgan fingerprint density at radius 1 is 1.44 bits per heavy atom. The first kappa shape index (κ1) is 12.3. The number of ether oxygens (including phenoxy) is 1. The van der Waals surface area contributed by atoms with Crippen molar-refractivity contribution >= 4 is 0 Å². The van der Waals surface area contributed by atoms with E-state index < -0.39 is 0 Å². The molecule has 2 aliphatic heterocycles. The van der Waals surface area contributed by atoms with E-state index in [0.717, 1.165) is 13.2 Å². The molecular formula is C13H26N2O. The van der Waals surface area contributed by atoms with Gasteiger partial charge in [0.05, 0.1) is 12.7 Å². The minimum absolute atomic E-state index is 0.380. The van der Waals surface area contributed by atoms with Crippen LogP contribution in [0.5, 0.6) is 0 Å². The molecule has 3 heteroatoms. The molecule has 2 aliphatic rings. The van der Waals surface area contributed by atoms with Crippen LogP contribution in [0.25, 0.3) is 0 Å². The quantitative estimate of drug-likeness (QED) is 0.791. The lowest BCUT2D eigenvalue weighted by molar-refractivity contribution is -0.0575. The van der Waals surface area contributed by atoms with Gasteiger partial charge in [-0.3, -0.25) is 4.90 Å². The second-order valence-corrected chi connectivity index (χ2v) is 5.59. The molecule has 0 aromatic carbocycles. The van der Waals surface area contributed by atoms with Gasteiger partial charge >= 0.3 is 0 Å². The maximum absolute atomic E-state index is 5.69. The predicted molar refractivity (Wildman–Crippen MR) is 66.7 cm³/mol. The smallest absolute Gasteiger partial charge is 0.0674 e. The third-order valence-electron chi connectivity index (χ3n) is 4.25. The first-order valence-corrected chi connectivity index (χ1v) is 6.76. The fraction of sp³-hybridized carbons (Fsp3) is 1.00. The zero-order valence-corrected chi connectivity index (χ0v) is 11.0. The highest BCUT2D eigenvalue weighted by Crippen LogP contribution is 2.26. The van der Waals surface area contributed by atoms with Gasteiger partial charge in [0.25, 0.3) is 0 Å². The highest BCUT2D eigenvalue weighted by atomic mass is 16.5. The molecule has 3 atom stereocenters. The summed E-state index contributed by atoms with van der Waals surface area (Å²) in [7, 11) is 0. The monoisotopic (exact) mass is 226 g/mol. The molecule has 1 N–H and O–H groups in total. The zero-order chi connectivity index (χ0) is 11.6. The molecule has 0 bridgehead atoms.